The van der Waals surface area contributed by atoms with Gasteiger partial charge in [-0.2, -0.15) is 0 Å². The van der Waals surface area contributed by atoms with Crippen LogP contribution in [0.1, 0.15) is 19.8 Å². The molecule has 0 radical (unpaired) electrons. The van der Waals surface area contributed by atoms with Crippen LogP contribution in [-0.4, -0.2) is 68.8 Å². The van der Waals surface area contributed by atoms with E-state index in [0.29, 0.717) is 11.5 Å². The molecule has 2 saturated heterocycles. The molecule has 0 saturated carbocycles. The monoisotopic (exact) mass is 241 g/mol. The lowest BCUT2D eigenvalue weighted by Crippen LogP contribution is -2.49. The molecular formula is C13H27N3O. The van der Waals surface area contributed by atoms with Gasteiger partial charge in [-0.25, -0.2) is 0 Å². The highest BCUT2D eigenvalue weighted by Gasteiger charge is 2.30. The van der Waals surface area contributed by atoms with Crippen molar-refractivity contribution in [2.75, 3.05) is 52.9 Å². The van der Waals surface area contributed by atoms with Gasteiger partial charge in [-0.05, 0) is 44.9 Å². The molecule has 100 valence electrons. The van der Waals surface area contributed by atoms with Crippen molar-refractivity contribution in [2.45, 2.75) is 25.9 Å². The first kappa shape index (κ1) is 13.3. The number of hydrogen-bond acceptors (Lipinski definition) is 4. The van der Waals surface area contributed by atoms with Gasteiger partial charge in [0.05, 0.1) is 12.7 Å². The van der Waals surface area contributed by atoms with Crippen LogP contribution in [0.4, 0.5) is 0 Å². The number of morpholine rings is 1. The number of nitrogens with zero attached hydrogens (tertiary/aromatic N) is 2. The molecule has 2 fully saturated rings. The third kappa shape index (κ3) is 3.65. The van der Waals surface area contributed by atoms with Crippen LogP contribution in [0.2, 0.25) is 0 Å². The Morgan fingerprint density at radius 3 is 2.59 bits per heavy atom. The Labute approximate surface area is 105 Å². The Hall–Kier alpha value is -0.160. The zero-order valence-corrected chi connectivity index (χ0v) is 11.3. The van der Waals surface area contributed by atoms with Gasteiger partial charge in [-0.15, -0.1) is 0 Å². The van der Waals surface area contributed by atoms with Crippen LogP contribution < -0.4 is 5.73 Å². The molecule has 0 amide bonds. The van der Waals surface area contributed by atoms with Crippen LogP contribution in [-0.2, 0) is 4.74 Å². The highest BCUT2D eigenvalue weighted by molar-refractivity contribution is 4.84. The molecular weight excluding hydrogens is 214 g/mol. The quantitative estimate of drug-likeness (QED) is 0.775. The number of piperidine rings is 1. The minimum atomic E-state index is 0.376. The predicted molar refractivity (Wildman–Crippen MR) is 70.1 cm³/mol. The number of likely N-dealkylation sites (N-methyl/N-ethyl adjacent to an activating group) is 1. The molecule has 2 aliphatic rings. The lowest BCUT2D eigenvalue weighted by Gasteiger charge is -2.41. The largest absolute Gasteiger partial charge is 0.374 e. The average molecular weight is 241 g/mol. The van der Waals surface area contributed by atoms with Crippen molar-refractivity contribution in [3.63, 3.8) is 0 Å². The molecule has 0 aliphatic carbocycles. The van der Waals surface area contributed by atoms with Gasteiger partial charge in [0.15, 0.2) is 0 Å². The van der Waals surface area contributed by atoms with E-state index in [-0.39, 0.29) is 0 Å². The summed E-state index contributed by atoms with van der Waals surface area (Å²) in [6.45, 7) is 9.61. The van der Waals surface area contributed by atoms with E-state index < -0.39 is 0 Å². The van der Waals surface area contributed by atoms with Crippen LogP contribution >= 0.6 is 0 Å². The first-order valence-electron chi connectivity index (χ1n) is 6.84. The van der Waals surface area contributed by atoms with Gasteiger partial charge >= 0.3 is 0 Å². The molecule has 0 bridgehead atoms. The molecule has 4 heteroatoms. The average Bonchev–Trinajstić information content (AvgIpc) is 2.33. The molecule has 0 aromatic heterocycles. The number of likely N-dealkylation sites (tertiary alicyclic amines) is 1. The minimum Gasteiger partial charge on any atom is -0.374 e. The fourth-order valence-corrected chi connectivity index (χ4v) is 2.74. The second-order valence-electron chi connectivity index (χ2n) is 6.07. The van der Waals surface area contributed by atoms with Crippen molar-refractivity contribution in [2.24, 2.45) is 11.1 Å². The topological polar surface area (TPSA) is 41.7 Å². The lowest BCUT2D eigenvalue weighted by molar-refractivity contribution is -0.0422. The SMILES string of the molecule is CN1CCOC(CN2CCC(C)(CN)CC2)C1. The van der Waals surface area contributed by atoms with Gasteiger partial charge in [0.2, 0.25) is 0 Å². The van der Waals surface area contributed by atoms with Gasteiger partial charge in [0.1, 0.15) is 0 Å². The summed E-state index contributed by atoms with van der Waals surface area (Å²) in [7, 11) is 2.18. The summed E-state index contributed by atoms with van der Waals surface area (Å²) < 4.78 is 5.82. The van der Waals surface area contributed by atoms with E-state index in [1.807, 2.05) is 0 Å². The summed E-state index contributed by atoms with van der Waals surface area (Å²) in [5.41, 5.74) is 6.21. The van der Waals surface area contributed by atoms with Crippen LogP contribution in [0.5, 0.6) is 0 Å². The number of rotatable bonds is 3. The Balaban J connectivity index is 1.74. The molecule has 4 nitrogen and oxygen atoms in total. The zero-order chi connectivity index (χ0) is 12.3. The maximum Gasteiger partial charge on any atom is 0.0829 e. The third-order valence-electron chi connectivity index (χ3n) is 4.36. The van der Waals surface area contributed by atoms with Gasteiger partial charge in [0, 0.05) is 19.6 Å². The lowest BCUT2D eigenvalue weighted by atomic mass is 9.80. The maximum absolute atomic E-state index is 5.84. The summed E-state index contributed by atoms with van der Waals surface area (Å²) in [6.07, 6.45) is 2.86. The number of ether oxygens (including phenoxy) is 1. The van der Waals surface area contributed by atoms with Gasteiger partial charge in [-0.1, -0.05) is 6.92 Å². The Kier molecular flexibility index (Phi) is 4.42. The third-order valence-corrected chi connectivity index (χ3v) is 4.36. The summed E-state index contributed by atoms with van der Waals surface area (Å²) >= 11 is 0. The van der Waals surface area contributed by atoms with E-state index in [1.165, 1.54) is 25.9 Å². The van der Waals surface area contributed by atoms with E-state index in [9.17, 15) is 0 Å². The van der Waals surface area contributed by atoms with Gasteiger partial charge < -0.3 is 20.3 Å². The molecule has 1 unspecified atom stereocenters. The minimum absolute atomic E-state index is 0.376. The maximum atomic E-state index is 5.84. The van der Waals surface area contributed by atoms with Crippen molar-refractivity contribution in [3.8, 4) is 0 Å². The highest BCUT2D eigenvalue weighted by Crippen LogP contribution is 2.29. The fourth-order valence-electron chi connectivity index (χ4n) is 2.74. The standard InChI is InChI=1S/C13H27N3O/c1-13(11-14)3-5-16(6-4-13)10-12-9-15(2)7-8-17-12/h12H,3-11,14H2,1-2H3. The highest BCUT2D eigenvalue weighted by atomic mass is 16.5. The van der Waals surface area contributed by atoms with E-state index in [1.54, 1.807) is 0 Å². The van der Waals surface area contributed by atoms with Gasteiger partial charge in [-0.3, -0.25) is 0 Å². The first-order valence-corrected chi connectivity index (χ1v) is 6.84. The first-order chi connectivity index (χ1) is 8.11. The summed E-state index contributed by atoms with van der Waals surface area (Å²) in [4.78, 5) is 4.91. The Morgan fingerprint density at radius 2 is 2.00 bits per heavy atom. The number of hydrogen-bond donors (Lipinski definition) is 1. The summed E-state index contributed by atoms with van der Waals surface area (Å²) in [6, 6.07) is 0. The summed E-state index contributed by atoms with van der Waals surface area (Å²) in [5.74, 6) is 0. The molecule has 0 aromatic carbocycles. The molecule has 0 spiro atoms. The number of nitrogens with two attached hydrogens (primary N) is 1. The van der Waals surface area contributed by atoms with E-state index in [0.717, 1.165) is 32.8 Å². The smallest absolute Gasteiger partial charge is 0.0829 e. The fraction of sp³-hybridized carbons (Fsp3) is 1.00. The van der Waals surface area contributed by atoms with E-state index >= 15 is 0 Å². The summed E-state index contributed by atoms with van der Waals surface area (Å²) in [5, 5.41) is 0. The van der Waals surface area contributed by atoms with Crippen molar-refractivity contribution in [1.29, 1.82) is 0 Å². The molecule has 2 rings (SSSR count). The van der Waals surface area contributed by atoms with E-state index in [2.05, 4.69) is 23.8 Å². The van der Waals surface area contributed by atoms with Crippen molar-refractivity contribution >= 4 is 0 Å². The second kappa shape index (κ2) is 5.65. The van der Waals surface area contributed by atoms with Crippen molar-refractivity contribution < 1.29 is 4.74 Å². The predicted octanol–water partition coefficient (Wildman–Crippen LogP) is 0.378. The van der Waals surface area contributed by atoms with E-state index in [4.69, 9.17) is 10.5 Å². The molecule has 0 aromatic rings. The van der Waals surface area contributed by atoms with Crippen molar-refractivity contribution in [3.05, 3.63) is 0 Å². The zero-order valence-electron chi connectivity index (χ0n) is 11.3. The van der Waals surface area contributed by atoms with Crippen LogP contribution in [0.25, 0.3) is 0 Å². The van der Waals surface area contributed by atoms with Crippen LogP contribution in [0.15, 0.2) is 0 Å². The molecule has 2 N–H and O–H groups in total. The molecule has 2 aliphatic heterocycles. The van der Waals surface area contributed by atoms with Crippen LogP contribution in [0, 0.1) is 5.41 Å². The van der Waals surface area contributed by atoms with Crippen molar-refractivity contribution in [1.82, 2.24) is 9.80 Å². The Bertz CT molecular complexity index is 239. The normalized spacial score (nSPS) is 31.6. The molecule has 2 heterocycles. The Morgan fingerprint density at radius 1 is 1.29 bits per heavy atom. The second-order valence-corrected chi connectivity index (χ2v) is 6.07. The van der Waals surface area contributed by atoms with Gasteiger partial charge in [0.25, 0.3) is 0 Å². The molecule has 1 atom stereocenters. The van der Waals surface area contributed by atoms with Crippen LogP contribution in [0.3, 0.4) is 0 Å². The molecule has 17 heavy (non-hydrogen) atoms.